The fraction of sp³-hybridized carbons (Fsp3) is 0.625. The zero-order chi connectivity index (χ0) is 15.7. The molecule has 0 amide bonds. The number of hydrogen-bond donors (Lipinski definition) is 1. The molecule has 0 heterocycles. The van der Waals surface area contributed by atoms with E-state index in [1.807, 2.05) is 17.0 Å². The predicted octanol–water partition coefficient (Wildman–Crippen LogP) is 2.42. The zero-order valence-corrected chi connectivity index (χ0v) is 13.5. The summed E-state index contributed by atoms with van der Waals surface area (Å²) in [7, 11) is 3.32. The van der Waals surface area contributed by atoms with Crippen molar-refractivity contribution < 1.29 is 13.9 Å². The van der Waals surface area contributed by atoms with E-state index < -0.39 is 0 Å². The van der Waals surface area contributed by atoms with Crippen LogP contribution in [0.25, 0.3) is 0 Å². The van der Waals surface area contributed by atoms with Gasteiger partial charge in [-0.15, -0.1) is 0 Å². The third-order valence-electron chi connectivity index (χ3n) is 3.29. The van der Waals surface area contributed by atoms with Crippen LogP contribution >= 0.6 is 0 Å². The van der Waals surface area contributed by atoms with Gasteiger partial charge in [0.15, 0.2) is 0 Å². The molecule has 0 aliphatic heterocycles. The molecule has 0 spiro atoms. The van der Waals surface area contributed by atoms with E-state index in [1.165, 1.54) is 0 Å². The van der Waals surface area contributed by atoms with Crippen molar-refractivity contribution in [1.82, 2.24) is 5.32 Å². The third kappa shape index (κ3) is 5.99. The maximum absolute atomic E-state index is 14.3. The van der Waals surface area contributed by atoms with E-state index in [-0.39, 0.29) is 11.9 Å². The Morgan fingerprint density at radius 1 is 1.19 bits per heavy atom. The van der Waals surface area contributed by atoms with Crippen molar-refractivity contribution in [3.8, 4) is 0 Å². The number of halogens is 1. The average Bonchev–Trinajstić information content (AvgIpc) is 2.45. The minimum Gasteiger partial charge on any atom is -0.383 e. The second-order valence-electron chi connectivity index (χ2n) is 5.24. The first kappa shape index (κ1) is 17.9. The molecule has 0 aliphatic rings. The Kier molecular flexibility index (Phi) is 8.27. The van der Waals surface area contributed by atoms with Gasteiger partial charge in [-0.05, 0) is 31.5 Å². The number of rotatable bonds is 10. The molecule has 5 heteroatoms. The molecule has 0 aliphatic carbocycles. The summed E-state index contributed by atoms with van der Waals surface area (Å²) in [4.78, 5) is 2.01. The molecule has 0 radical (unpaired) electrons. The average molecular weight is 298 g/mol. The number of nitrogens with zero attached hydrogens (tertiary/aromatic N) is 1. The van der Waals surface area contributed by atoms with Gasteiger partial charge < -0.3 is 19.7 Å². The lowest BCUT2D eigenvalue weighted by Crippen LogP contribution is -2.34. The molecule has 1 aromatic rings. The molecule has 1 rings (SSSR count). The van der Waals surface area contributed by atoms with Crippen molar-refractivity contribution in [1.29, 1.82) is 0 Å². The summed E-state index contributed by atoms with van der Waals surface area (Å²) in [6.07, 6.45) is 0. The first-order chi connectivity index (χ1) is 10.1. The minimum absolute atomic E-state index is 0.189. The smallest absolute Gasteiger partial charge is 0.146 e. The third-order valence-corrected chi connectivity index (χ3v) is 3.29. The molecule has 0 saturated carbocycles. The van der Waals surface area contributed by atoms with Crippen molar-refractivity contribution in [2.24, 2.45) is 0 Å². The molecule has 1 aromatic carbocycles. The molecule has 0 fully saturated rings. The highest BCUT2D eigenvalue weighted by Gasteiger charge is 2.14. The van der Waals surface area contributed by atoms with Crippen LogP contribution in [0.15, 0.2) is 18.2 Å². The summed E-state index contributed by atoms with van der Waals surface area (Å²) in [6, 6.07) is 5.62. The molecular weight excluding hydrogens is 271 g/mol. The Morgan fingerprint density at radius 2 is 1.90 bits per heavy atom. The summed E-state index contributed by atoms with van der Waals surface area (Å²) < 4.78 is 24.4. The van der Waals surface area contributed by atoms with E-state index in [4.69, 9.17) is 9.47 Å². The lowest BCUT2D eigenvalue weighted by Gasteiger charge is -2.29. The standard InChI is InChI=1S/C16H27FN2O2/c1-13(2)19(8-10-21-4)16-6-5-14(11-15(16)17)12-18-7-9-20-3/h5-6,11,13,18H,7-10,12H2,1-4H3. The maximum atomic E-state index is 14.3. The summed E-state index contributed by atoms with van der Waals surface area (Å²) in [5.74, 6) is -0.189. The summed E-state index contributed by atoms with van der Waals surface area (Å²) in [5.41, 5.74) is 1.56. The normalized spacial score (nSPS) is 11.1. The van der Waals surface area contributed by atoms with Crippen LogP contribution in [0, 0.1) is 5.82 Å². The van der Waals surface area contributed by atoms with Crippen molar-refractivity contribution in [2.45, 2.75) is 26.4 Å². The van der Waals surface area contributed by atoms with E-state index in [0.717, 1.165) is 12.1 Å². The number of nitrogens with one attached hydrogen (secondary N) is 1. The Hall–Kier alpha value is -1.17. The first-order valence-corrected chi connectivity index (χ1v) is 7.33. The minimum atomic E-state index is -0.189. The van der Waals surface area contributed by atoms with E-state index in [1.54, 1.807) is 20.3 Å². The van der Waals surface area contributed by atoms with Gasteiger partial charge in [0.2, 0.25) is 0 Å². The molecule has 4 nitrogen and oxygen atoms in total. The lowest BCUT2D eigenvalue weighted by molar-refractivity contribution is 0.199. The molecule has 0 atom stereocenters. The van der Waals surface area contributed by atoms with Crippen molar-refractivity contribution in [2.75, 3.05) is 45.4 Å². The fourth-order valence-corrected chi connectivity index (χ4v) is 2.15. The summed E-state index contributed by atoms with van der Waals surface area (Å²) >= 11 is 0. The number of benzene rings is 1. The monoisotopic (exact) mass is 298 g/mol. The van der Waals surface area contributed by atoms with Crippen LogP contribution in [0.4, 0.5) is 10.1 Å². The van der Waals surface area contributed by atoms with Crippen LogP contribution in [0.1, 0.15) is 19.4 Å². The van der Waals surface area contributed by atoms with Gasteiger partial charge in [-0.1, -0.05) is 6.07 Å². The van der Waals surface area contributed by atoms with Gasteiger partial charge in [-0.2, -0.15) is 0 Å². The molecule has 120 valence electrons. The maximum Gasteiger partial charge on any atom is 0.146 e. The van der Waals surface area contributed by atoms with Crippen LogP contribution in [-0.4, -0.2) is 46.6 Å². The summed E-state index contributed by atoms with van der Waals surface area (Å²) in [6.45, 7) is 7.41. The van der Waals surface area contributed by atoms with E-state index in [0.29, 0.717) is 32.0 Å². The highest BCUT2D eigenvalue weighted by molar-refractivity contribution is 5.50. The van der Waals surface area contributed by atoms with E-state index in [9.17, 15) is 4.39 Å². The van der Waals surface area contributed by atoms with Gasteiger partial charge in [0.05, 0.1) is 18.9 Å². The Morgan fingerprint density at radius 3 is 2.48 bits per heavy atom. The van der Waals surface area contributed by atoms with Crippen LogP contribution < -0.4 is 10.2 Å². The first-order valence-electron chi connectivity index (χ1n) is 7.33. The van der Waals surface area contributed by atoms with Gasteiger partial charge in [0, 0.05) is 39.9 Å². The van der Waals surface area contributed by atoms with Crippen LogP contribution in [0.5, 0.6) is 0 Å². The van der Waals surface area contributed by atoms with Crippen LogP contribution in [-0.2, 0) is 16.0 Å². The quantitative estimate of drug-likeness (QED) is 0.673. The molecule has 21 heavy (non-hydrogen) atoms. The van der Waals surface area contributed by atoms with Gasteiger partial charge in [-0.3, -0.25) is 0 Å². The predicted molar refractivity (Wildman–Crippen MR) is 84.3 cm³/mol. The van der Waals surface area contributed by atoms with Crippen molar-refractivity contribution in [3.05, 3.63) is 29.6 Å². The fourth-order valence-electron chi connectivity index (χ4n) is 2.15. The lowest BCUT2D eigenvalue weighted by atomic mass is 10.1. The summed E-state index contributed by atoms with van der Waals surface area (Å²) in [5, 5.41) is 3.21. The highest BCUT2D eigenvalue weighted by atomic mass is 19.1. The molecule has 0 aromatic heterocycles. The van der Waals surface area contributed by atoms with Gasteiger partial charge in [0.1, 0.15) is 5.82 Å². The number of ether oxygens (including phenoxy) is 2. The van der Waals surface area contributed by atoms with Gasteiger partial charge in [-0.25, -0.2) is 4.39 Å². The number of methoxy groups -OCH3 is 2. The van der Waals surface area contributed by atoms with Gasteiger partial charge >= 0.3 is 0 Å². The Labute approximate surface area is 127 Å². The molecule has 0 bridgehead atoms. The van der Waals surface area contributed by atoms with Crippen molar-refractivity contribution >= 4 is 5.69 Å². The second kappa shape index (κ2) is 9.71. The number of hydrogen-bond acceptors (Lipinski definition) is 4. The van der Waals surface area contributed by atoms with E-state index in [2.05, 4.69) is 19.2 Å². The Balaban J connectivity index is 2.70. The highest BCUT2D eigenvalue weighted by Crippen LogP contribution is 2.22. The topological polar surface area (TPSA) is 33.7 Å². The largest absolute Gasteiger partial charge is 0.383 e. The Bertz CT molecular complexity index is 413. The molecular formula is C16H27FN2O2. The molecule has 0 unspecified atom stereocenters. The van der Waals surface area contributed by atoms with Gasteiger partial charge in [0.25, 0.3) is 0 Å². The zero-order valence-electron chi connectivity index (χ0n) is 13.5. The van der Waals surface area contributed by atoms with Crippen LogP contribution in [0.3, 0.4) is 0 Å². The van der Waals surface area contributed by atoms with Crippen molar-refractivity contribution in [3.63, 3.8) is 0 Å². The second-order valence-corrected chi connectivity index (χ2v) is 5.24. The van der Waals surface area contributed by atoms with Crippen LogP contribution in [0.2, 0.25) is 0 Å². The molecule has 1 N–H and O–H groups in total. The van der Waals surface area contributed by atoms with E-state index >= 15 is 0 Å². The number of anilines is 1. The SMILES string of the molecule is COCCNCc1ccc(N(CCOC)C(C)C)c(F)c1. The molecule has 0 saturated heterocycles.